The van der Waals surface area contributed by atoms with Gasteiger partial charge in [-0.2, -0.15) is 4.72 Å². The fraction of sp³-hybridized carbons (Fsp3) is 0.214. The number of fused-ring (bicyclic) bond motifs is 1. The summed E-state index contributed by atoms with van der Waals surface area (Å²) in [4.78, 5) is 25.6. The molecule has 1 unspecified atom stereocenters. The van der Waals surface area contributed by atoms with Crippen molar-refractivity contribution in [1.29, 1.82) is 0 Å². The molecular formula is C28H27NO6S. The molecule has 0 aliphatic heterocycles. The van der Waals surface area contributed by atoms with Gasteiger partial charge < -0.3 is 9.15 Å². The maximum atomic E-state index is 12.8. The summed E-state index contributed by atoms with van der Waals surface area (Å²) < 4.78 is 38.8. The van der Waals surface area contributed by atoms with E-state index in [0.29, 0.717) is 12.0 Å². The van der Waals surface area contributed by atoms with Gasteiger partial charge in [-0.3, -0.25) is 0 Å². The SMILES string of the molecule is CCC(NS(=O)(=O)c1ccc(C)cc1)C(=O)Oc1ccc2c(C)c(Cc3ccccc3)c(=O)oc2c1. The van der Waals surface area contributed by atoms with E-state index in [1.807, 2.05) is 44.2 Å². The molecule has 3 aromatic carbocycles. The molecule has 1 N–H and O–H groups in total. The average Bonchev–Trinajstić information content (AvgIpc) is 2.86. The van der Waals surface area contributed by atoms with Crippen molar-refractivity contribution in [3.05, 3.63) is 105 Å². The summed E-state index contributed by atoms with van der Waals surface area (Å²) in [5.41, 5.74) is 3.11. The number of hydrogen-bond acceptors (Lipinski definition) is 6. The van der Waals surface area contributed by atoms with E-state index < -0.39 is 27.7 Å². The molecule has 0 bridgehead atoms. The first kappa shape index (κ1) is 25.3. The Labute approximate surface area is 209 Å². The van der Waals surface area contributed by atoms with Crippen LogP contribution in [0.25, 0.3) is 11.0 Å². The van der Waals surface area contributed by atoms with Crippen LogP contribution in [0, 0.1) is 13.8 Å². The Hall–Kier alpha value is -3.75. The minimum Gasteiger partial charge on any atom is -0.425 e. The predicted octanol–water partition coefficient (Wildman–Crippen LogP) is 4.66. The van der Waals surface area contributed by atoms with Crippen LogP contribution in [0.1, 0.15) is 35.6 Å². The van der Waals surface area contributed by atoms with E-state index in [2.05, 4.69) is 4.72 Å². The molecule has 1 atom stereocenters. The van der Waals surface area contributed by atoms with Gasteiger partial charge in [0.15, 0.2) is 0 Å². The monoisotopic (exact) mass is 505 g/mol. The van der Waals surface area contributed by atoms with Gasteiger partial charge in [-0.25, -0.2) is 18.0 Å². The van der Waals surface area contributed by atoms with Crippen LogP contribution in [0.3, 0.4) is 0 Å². The smallest absolute Gasteiger partial charge is 0.340 e. The molecule has 0 radical (unpaired) electrons. The molecule has 1 aromatic heterocycles. The number of nitrogens with one attached hydrogen (secondary N) is 1. The summed E-state index contributed by atoms with van der Waals surface area (Å²) in [6.45, 7) is 5.39. The molecule has 7 nitrogen and oxygen atoms in total. The molecule has 0 fully saturated rings. The lowest BCUT2D eigenvalue weighted by atomic mass is 10.00. The highest BCUT2D eigenvalue weighted by Gasteiger charge is 2.26. The van der Waals surface area contributed by atoms with Crippen molar-refractivity contribution in [2.24, 2.45) is 0 Å². The summed E-state index contributed by atoms with van der Waals surface area (Å²) in [5.74, 6) is -0.605. The first-order chi connectivity index (χ1) is 17.2. The molecule has 0 saturated carbocycles. The topological polar surface area (TPSA) is 103 Å². The van der Waals surface area contributed by atoms with Gasteiger partial charge in [0.2, 0.25) is 10.0 Å². The predicted molar refractivity (Wildman–Crippen MR) is 138 cm³/mol. The minimum absolute atomic E-state index is 0.0635. The zero-order valence-corrected chi connectivity index (χ0v) is 21.1. The second-order valence-corrected chi connectivity index (χ2v) is 10.3. The van der Waals surface area contributed by atoms with Gasteiger partial charge in [0, 0.05) is 23.4 Å². The first-order valence-corrected chi connectivity index (χ1v) is 13.1. The third-order valence-electron chi connectivity index (χ3n) is 6.02. The Morgan fingerprint density at radius 3 is 2.36 bits per heavy atom. The number of carbonyl (C=O) groups is 1. The van der Waals surface area contributed by atoms with Gasteiger partial charge in [-0.15, -0.1) is 0 Å². The second kappa shape index (κ2) is 10.5. The lowest BCUT2D eigenvalue weighted by molar-refractivity contribution is -0.136. The molecule has 0 spiro atoms. The Kier molecular flexibility index (Phi) is 7.37. The number of carbonyl (C=O) groups excluding carboxylic acids is 1. The number of aryl methyl sites for hydroxylation is 2. The molecule has 36 heavy (non-hydrogen) atoms. The Morgan fingerprint density at radius 1 is 1.00 bits per heavy atom. The lowest BCUT2D eigenvalue weighted by Gasteiger charge is -2.16. The van der Waals surface area contributed by atoms with Gasteiger partial charge in [-0.1, -0.05) is 55.0 Å². The summed E-state index contributed by atoms with van der Waals surface area (Å²) >= 11 is 0. The van der Waals surface area contributed by atoms with Crippen molar-refractivity contribution >= 4 is 27.0 Å². The van der Waals surface area contributed by atoms with E-state index in [0.717, 1.165) is 22.1 Å². The molecule has 1 heterocycles. The van der Waals surface area contributed by atoms with Crippen molar-refractivity contribution in [2.45, 2.75) is 44.6 Å². The van der Waals surface area contributed by atoms with Crippen molar-refractivity contribution in [3.8, 4) is 5.75 Å². The number of sulfonamides is 1. The van der Waals surface area contributed by atoms with Crippen LogP contribution in [0.4, 0.5) is 0 Å². The van der Waals surface area contributed by atoms with Crippen LogP contribution in [0.15, 0.2) is 86.9 Å². The standard InChI is InChI=1S/C28H27NO6S/c1-4-25(29-36(32,33)22-13-10-18(2)11-14-22)28(31)34-21-12-15-23-19(3)24(27(30)35-26(23)17-21)16-20-8-6-5-7-9-20/h5-15,17,25,29H,4,16H2,1-3H3. The van der Waals surface area contributed by atoms with Crippen LogP contribution in [0.2, 0.25) is 0 Å². The van der Waals surface area contributed by atoms with Crippen LogP contribution in [-0.2, 0) is 21.2 Å². The molecule has 0 amide bonds. The first-order valence-electron chi connectivity index (χ1n) is 11.6. The second-order valence-electron chi connectivity index (χ2n) is 8.63. The van der Waals surface area contributed by atoms with E-state index in [9.17, 15) is 18.0 Å². The molecular weight excluding hydrogens is 478 g/mol. The van der Waals surface area contributed by atoms with Crippen LogP contribution >= 0.6 is 0 Å². The van der Waals surface area contributed by atoms with Gasteiger partial charge in [-0.05, 0) is 55.7 Å². The van der Waals surface area contributed by atoms with Gasteiger partial charge in [0.1, 0.15) is 17.4 Å². The molecule has 4 aromatic rings. The maximum absolute atomic E-state index is 12.8. The zero-order valence-electron chi connectivity index (χ0n) is 20.3. The summed E-state index contributed by atoms with van der Waals surface area (Å²) in [7, 11) is -3.91. The Balaban J connectivity index is 1.54. The quantitative estimate of drug-likeness (QED) is 0.212. The Bertz CT molecular complexity index is 1560. The van der Waals surface area contributed by atoms with Crippen molar-refractivity contribution < 1.29 is 22.4 Å². The maximum Gasteiger partial charge on any atom is 0.340 e. The Morgan fingerprint density at radius 2 is 1.69 bits per heavy atom. The third-order valence-corrected chi connectivity index (χ3v) is 7.51. The van der Waals surface area contributed by atoms with Crippen LogP contribution in [-0.4, -0.2) is 20.4 Å². The van der Waals surface area contributed by atoms with Crippen molar-refractivity contribution in [1.82, 2.24) is 4.72 Å². The third kappa shape index (κ3) is 5.56. The lowest BCUT2D eigenvalue weighted by Crippen LogP contribution is -2.42. The largest absolute Gasteiger partial charge is 0.425 e. The number of esters is 1. The van der Waals surface area contributed by atoms with Crippen LogP contribution < -0.4 is 15.1 Å². The highest BCUT2D eigenvalue weighted by atomic mass is 32.2. The average molecular weight is 506 g/mol. The molecule has 4 rings (SSSR count). The van der Waals surface area contributed by atoms with Crippen molar-refractivity contribution in [2.75, 3.05) is 0 Å². The minimum atomic E-state index is -3.91. The van der Waals surface area contributed by atoms with Gasteiger partial charge >= 0.3 is 11.6 Å². The molecule has 186 valence electrons. The number of rotatable bonds is 8. The summed E-state index contributed by atoms with van der Waals surface area (Å²) in [5, 5.41) is 0.729. The summed E-state index contributed by atoms with van der Waals surface area (Å²) in [6.07, 6.45) is 0.634. The number of ether oxygens (including phenoxy) is 1. The number of benzene rings is 3. The van der Waals surface area contributed by atoms with Crippen LogP contribution in [0.5, 0.6) is 5.75 Å². The van der Waals surface area contributed by atoms with Gasteiger partial charge in [0.05, 0.1) is 4.90 Å². The van der Waals surface area contributed by atoms with E-state index in [1.165, 1.54) is 18.2 Å². The van der Waals surface area contributed by atoms with E-state index in [1.54, 1.807) is 31.2 Å². The highest BCUT2D eigenvalue weighted by molar-refractivity contribution is 7.89. The zero-order chi connectivity index (χ0) is 25.9. The van der Waals surface area contributed by atoms with Crippen molar-refractivity contribution in [3.63, 3.8) is 0 Å². The fourth-order valence-electron chi connectivity index (χ4n) is 3.90. The number of hydrogen-bond donors (Lipinski definition) is 1. The fourth-order valence-corrected chi connectivity index (χ4v) is 5.17. The normalized spacial score (nSPS) is 12.4. The highest BCUT2D eigenvalue weighted by Crippen LogP contribution is 2.26. The van der Waals surface area contributed by atoms with E-state index in [-0.39, 0.29) is 22.6 Å². The van der Waals surface area contributed by atoms with E-state index in [4.69, 9.17) is 9.15 Å². The molecule has 0 aliphatic carbocycles. The summed E-state index contributed by atoms with van der Waals surface area (Å²) in [6, 6.07) is 19.7. The molecule has 8 heteroatoms. The van der Waals surface area contributed by atoms with E-state index >= 15 is 0 Å². The molecule has 0 aliphatic rings. The molecule has 0 saturated heterocycles. The van der Waals surface area contributed by atoms with Gasteiger partial charge in [0.25, 0.3) is 0 Å².